The topological polar surface area (TPSA) is 47.4 Å². The quantitative estimate of drug-likeness (QED) is 0.750. The van der Waals surface area contributed by atoms with Crippen molar-refractivity contribution >= 4 is 21.7 Å². The zero-order valence-corrected chi connectivity index (χ0v) is 13.9. The molecule has 0 fully saturated rings. The minimum absolute atomic E-state index is 0.0874. The Morgan fingerprint density at radius 2 is 2.00 bits per heavy atom. The molecule has 1 aromatic carbocycles. The number of halogens is 1. The molecule has 1 heterocycles. The van der Waals surface area contributed by atoms with Crippen molar-refractivity contribution in [1.82, 2.24) is 14.7 Å². The number of aromatic nitrogens is 2. The number of hydrogen-bond donors (Lipinski definition) is 0. The van der Waals surface area contributed by atoms with Crippen molar-refractivity contribution in [2.75, 3.05) is 27.7 Å². The fourth-order valence-electron chi connectivity index (χ4n) is 1.95. The van der Waals surface area contributed by atoms with E-state index in [1.54, 1.807) is 30.1 Å². The Morgan fingerprint density at radius 1 is 1.33 bits per heavy atom. The van der Waals surface area contributed by atoms with Gasteiger partial charge in [0.1, 0.15) is 0 Å². The Kier molecular flexibility index (Phi) is 5.14. The predicted molar refractivity (Wildman–Crippen MR) is 84.9 cm³/mol. The molecule has 6 heteroatoms. The van der Waals surface area contributed by atoms with E-state index in [0.29, 0.717) is 23.6 Å². The van der Waals surface area contributed by atoms with Gasteiger partial charge in [-0.2, -0.15) is 5.10 Å². The third kappa shape index (κ3) is 3.71. The monoisotopic (exact) mass is 351 g/mol. The van der Waals surface area contributed by atoms with E-state index in [9.17, 15) is 4.79 Å². The number of benzene rings is 1. The maximum Gasteiger partial charge on any atom is 0.214 e. The molecule has 1 aromatic heterocycles. The van der Waals surface area contributed by atoms with Crippen LogP contribution in [-0.4, -0.2) is 48.2 Å². The van der Waals surface area contributed by atoms with Crippen LogP contribution in [0.15, 0.2) is 34.9 Å². The summed E-state index contributed by atoms with van der Waals surface area (Å²) in [7, 11) is 5.51. The maximum absolute atomic E-state index is 12.7. The molecule has 21 heavy (non-hydrogen) atoms. The first-order valence-electron chi connectivity index (χ1n) is 6.57. The summed E-state index contributed by atoms with van der Waals surface area (Å²) in [6.07, 6.45) is 1.59. The normalized spacial score (nSPS) is 10.9. The van der Waals surface area contributed by atoms with Gasteiger partial charge in [0.25, 0.3) is 0 Å². The Bertz CT molecular complexity index is 620. The van der Waals surface area contributed by atoms with Crippen LogP contribution in [0.4, 0.5) is 0 Å². The summed E-state index contributed by atoms with van der Waals surface area (Å²) in [5, 5.41) is 4.26. The first-order valence-corrected chi connectivity index (χ1v) is 7.37. The first-order chi connectivity index (χ1) is 10.0. The minimum Gasteiger partial charge on any atom is -0.493 e. The van der Waals surface area contributed by atoms with Crippen LogP contribution in [-0.2, 0) is 6.54 Å². The highest BCUT2D eigenvalue weighted by atomic mass is 79.9. The number of carbonyl (C=O) groups excluding carboxylic acids is 1. The fraction of sp³-hybridized carbons (Fsp3) is 0.333. The van der Waals surface area contributed by atoms with Gasteiger partial charge in [-0.3, -0.25) is 9.48 Å². The van der Waals surface area contributed by atoms with Crippen LogP contribution in [0, 0.1) is 0 Å². The Hall–Kier alpha value is -1.66. The number of ketones is 1. The van der Waals surface area contributed by atoms with E-state index in [2.05, 4.69) is 21.0 Å². The molecular formula is C15H18BrN3O2. The number of methoxy groups -OCH3 is 1. The average molecular weight is 352 g/mol. The molecule has 5 nitrogen and oxygen atoms in total. The largest absolute Gasteiger partial charge is 0.493 e. The van der Waals surface area contributed by atoms with Crippen molar-refractivity contribution in [3.63, 3.8) is 0 Å². The highest BCUT2D eigenvalue weighted by Crippen LogP contribution is 2.22. The van der Waals surface area contributed by atoms with Gasteiger partial charge in [-0.15, -0.1) is 0 Å². The number of hydrogen-bond acceptors (Lipinski definition) is 4. The number of carbonyl (C=O) groups is 1. The van der Waals surface area contributed by atoms with Crippen LogP contribution < -0.4 is 4.74 Å². The Balaban J connectivity index is 2.34. The van der Waals surface area contributed by atoms with Crippen molar-refractivity contribution in [3.8, 4) is 5.75 Å². The fourth-order valence-corrected chi connectivity index (χ4v) is 2.21. The molecule has 0 aliphatic carbocycles. The van der Waals surface area contributed by atoms with Crippen LogP contribution in [0.25, 0.3) is 0 Å². The number of nitrogens with zero attached hydrogens (tertiary/aromatic N) is 3. The molecule has 0 aliphatic heterocycles. The lowest BCUT2D eigenvalue weighted by molar-refractivity contribution is 0.102. The summed E-state index contributed by atoms with van der Waals surface area (Å²) < 4.78 is 7.91. The highest BCUT2D eigenvalue weighted by Gasteiger charge is 2.20. The van der Waals surface area contributed by atoms with Gasteiger partial charge >= 0.3 is 0 Å². The van der Waals surface area contributed by atoms with E-state index in [0.717, 1.165) is 11.0 Å². The molecule has 0 atom stereocenters. The van der Waals surface area contributed by atoms with Crippen LogP contribution in [0.5, 0.6) is 5.75 Å². The predicted octanol–water partition coefficient (Wildman–Crippen LogP) is 2.45. The third-order valence-electron chi connectivity index (χ3n) is 3.11. The Labute approximate surface area is 132 Å². The molecular weight excluding hydrogens is 334 g/mol. The average Bonchev–Trinajstić information content (AvgIpc) is 2.88. The third-order valence-corrected chi connectivity index (χ3v) is 3.63. The van der Waals surface area contributed by atoms with Crippen molar-refractivity contribution in [2.45, 2.75) is 6.54 Å². The van der Waals surface area contributed by atoms with Crippen LogP contribution in [0.1, 0.15) is 16.1 Å². The summed E-state index contributed by atoms with van der Waals surface area (Å²) in [6, 6.07) is 7.27. The molecule has 0 saturated carbocycles. The van der Waals surface area contributed by atoms with Gasteiger partial charge < -0.3 is 9.64 Å². The lowest BCUT2D eigenvalue weighted by atomic mass is 10.1. The Morgan fingerprint density at radius 3 is 2.57 bits per heavy atom. The first kappa shape index (κ1) is 15.7. The highest BCUT2D eigenvalue weighted by molar-refractivity contribution is 9.10. The van der Waals surface area contributed by atoms with Crippen molar-refractivity contribution in [3.05, 3.63) is 46.2 Å². The number of ether oxygens (including phenoxy) is 1. The molecule has 0 saturated heterocycles. The van der Waals surface area contributed by atoms with Gasteiger partial charge in [-0.05, 0) is 38.4 Å². The zero-order valence-electron chi connectivity index (χ0n) is 12.3. The molecule has 0 radical (unpaired) electrons. The molecule has 0 N–H and O–H groups in total. The number of rotatable bonds is 6. The maximum atomic E-state index is 12.7. The molecule has 0 unspecified atom stereocenters. The second-order valence-electron chi connectivity index (χ2n) is 4.92. The minimum atomic E-state index is -0.0874. The van der Waals surface area contributed by atoms with Crippen molar-refractivity contribution < 1.29 is 9.53 Å². The van der Waals surface area contributed by atoms with Gasteiger partial charge in [0.05, 0.1) is 19.9 Å². The SMILES string of the molecule is COc1cnn(CCN(C)C)c1C(=O)c1ccc(Br)cc1. The van der Waals surface area contributed by atoms with Gasteiger partial charge in [0.15, 0.2) is 11.4 Å². The summed E-state index contributed by atoms with van der Waals surface area (Å²) in [5.74, 6) is 0.414. The van der Waals surface area contributed by atoms with Gasteiger partial charge in [-0.25, -0.2) is 0 Å². The van der Waals surface area contributed by atoms with Crippen molar-refractivity contribution in [2.24, 2.45) is 0 Å². The van der Waals surface area contributed by atoms with E-state index in [-0.39, 0.29) is 5.78 Å². The van der Waals surface area contributed by atoms with E-state index in [4.69, 9.17) is 4.74 Å². The smallest absolute Gasteiger partial charge is 0.214 e. The molecule has 2 rings (SSSR count). The zero-order chi connectivity index (χ0) is 15.4. The van der Waals surface area contributed by atoms with E-state index < -0.39 is 0 Å². The second-order valence-corrected chi connectivity index (χ2v) is 5.84. The number of likely N-dealkylation sites (N-methyl/N-ethyl adjacent to an activating group) is 1. The molecule has 0 spiro atoms. The van der Waals surface area contributed by atoms with E-state index in [1.165, 1.54) is 0 Å². The van der Waals surface area contributed by atoms with Gasteiger partial charge in [-0.1, -0.05) is 15.9 Å². The summed E-state index contributed by atoms with van der Waals surface area (Å²) >= 11 is 3.37. The molecule has 0 amide bonds. The van der Waals surface area contributed by atoms with Crippen LogP contribution >= 0.6 is 15.9 Å². The van der Waals surface area contributed by atoms with Gasteiger partial charge in [0.2, 0.25) is 5.78 Å². The standard InChI is InChI=1S/C15H18BrN3O2/c1-18(2)8-9-19-14(13(21-3)10-17-19)15(20)11-4-6-12(16)7-5-11/h4-7,10H,8-9H2,1-3H3. The van der Waals surface area contributed by atoms with Gasteiger partial charge in [0, 0.05) is 16.6 Å². The van der Waals surface area contributed by atoms with Crippen molar-refractivity contribution in [1.29, 1.82) is 0 Å². The summed E-state index contributed by atoms with van der Waals surface area (Å²) in [6.45, 7) is 1.43. The molecule has 0 aliphatic rings. The lowest BCUT2D eigenvalue weighted by Gasteiger charge is -2.12. The molecule has 112 valence electrons. The van der Waals surface area contributed by atoms with E-state index >= 15 is 0 Å². The summed E-state index contributed by atoms with van der Waals surface area (Å²) in [5.41, 5.74) is 1.10. The molecule has 2 aromatic rings. The van der Waals surface area contributed by atoms with E-state index in [1.807, 2.05) is 31.1 Å². The van der Waals surface area contributed by atoms with Crippen LogP contribution in [0.2, 0.25) is 0 Å². The lowest BCUT2D eigenvalue weighted by Crippen LogP contribution is -2.21. The summed E-state index contributed by atoms with van der Waals surface area (Å²) in [4.78, 5) is 14.7. The van der Waals surface area contributed by atoms with Crippen LogP contribution in [0.3, 0.4) is 0 Å². The molecule has 0 bridgehead atoms. The second kappa shape index (κ2) is 6.87.